The highest BCUT2D eigenvalue weighted by atomic mass is 16.5. The predicted molar refractivity (Wildman–Crippen MR) is 77.0 cm³/mol. The van der Waals surface area contributed by atoms with E-state index < -0.39 is 0 Å². The molecule has 0 aliphatic rings. The van der Waals surface area contributed by atoms with Gasteiger partial charge in [0.1, 0.15) is 0 Å². The topological polar surface area (TPSA) is 57.0 Å². The Hall–Kier alpha value is -2.95. The Balaban J connectivity index is 1.99. The van der Waals surface area contributed by atoms with Gasteiger partial charge in [-0.1, -0.05) is 29.5 Å². The number of esters is 1. The summed E-state index contributed by atoms with van der Waals surface area (Å²) in [5, 5.41) is 8.06. The van der Waals surface area contributed by atoms with Gasteiger partial charge in [0.25, 0.3) is 0 Å². The highest BCUT2D eigenvalue weighted by Gasteiger charge is 2.10. The first kappa shape index (κ1) is 13.1. The molecule has 0 N–H and O–H groups in total. The second-order valence-electron chi connectivity index (χ2n) is 4.36. The molecule has 0 saturated carbocycles. The molecule has 103 valence electrons. The van der Waals surface area contributed by atoms with Crippen molar-refractivity contribution in [2.75, 3.05) is 7.11 Å². The molecule has 1 heterocycles. The Labute approximate surface area is 121 Å². The van der Waals surface area contributed by atoms with E-state index in [-0.39, 0.29) is 5.97 Å². The minimum absolute atomic E-state index is 0.362. The van der Waals surface area contributed by atoms with Crippen LogP contribution in [-0.4, -0.2) is 28.1 Å². The van der Waals surface area contributed by atoms with Crippen molar-refractivity contribution in [3.05, 3.63) is 66.4 Å². The molecule has 5 nitrogen and oxygen atoms in total. The molecule has 0 saturated heterocycles. The van der Waals surface area contributed by atoms with Crippen LogP contribution in [0.15, 0.2) is 54.7 Å². The van der Waals surface area contributed by atoms with E-state index in [1.165, 1.54) is 7.11 Å². The fourth-order valence-electron chi connectivity index (χ4n) is 2.04. The van der Waals surface area contributed by atoms with Gasteiger partial charge in [-0.25, -0.2) is 9.48 Å². The maximum atomic E-state index is 11.4. The first-order valence-electron chi connectivity index (χ1n) is 6.35. The van der Waals surface area contributed by atoms with Crippen LogP contribution in [0.4, 0.5) is 0 Å². The summed E-state index contributed by atoms with van der Waals surface area (Å²) in [4.78, 5) is 11.4. The molecule has 2 aromatic carbocycles. The number of hydrogen-bond acceptors (Lipinski definition) is 4. The third-order valence-electron chi connectivity index (χ3n) is 3.10. The molecule has 1 aromatic heterocycles. The van der Waals surface area contributed by atoms with Gasteiger partial charge in [-0.3, -0.25) is 0 Å². The normalized spacial score (nSPS) is 10.3. The molecule has 3 aromatic rings. The van der Waals surface area contributed by atoms with Gasteiger partial charge in [-0.15, -0.1) is 5.10 Å². The van der Waals surface area contributed by atoms with Crippen molar-refractivity contribution in [1.29, 1.82) is 0 Å². The first-order valence-corrected chi connectivity index (χ1v) is 6.35. The molecule has 0 aliphatic heterocycles. The van der Waals surface area contributed by atoms with E-state index in [0.29, 0.717) is 5.56 Å². The lowest BCUT2D eigenvalue weighted by atomic mass is 10.1. The zero-order valence-corrected chi connectivity index (χ0v) is 11.4. The fraction of sp³-hybridized carbons (Fsp3) is 0.0625. The maximum Gasteiger partial charge on any atom is 0.337 e. The predicted octanol–water partition coefficient (Wildman–Crippen LogP) is 2.52. The number of nitrogens with zero attached hydrogens (tertiary/aromatic N) is 3. The summed E-state index contributed by atoms with van der Waals surface area (Å²) in [6.07, 6.45) is 1.70. The Morgan fingerprint density at radius 1 is 1.14 bits per heavy atom. The van der Waals surface area contributed by atoms with Gasteiger partial charge in [-0.05, 0) is 30.3 Å². The summed E-state index contributed by atoms with van der Waals surface area (Å²) in [7, 11) is 1.36. The van der Waals surface area contributed by atoms with Gasteiger partial charge in [0.15, 0.2) is 0 Å². The standard InChI is InChI=1S/C16H12N3O2/c1-21-16(20)13-7-9-14(10-8-13)19-15(11-17-18-19)12-5-3-2-4-6-12/h3-11H,1H3. The van der Waals surface area contributed by atoms with Crippen molar-refractivity contribution < 1.29 is 9.53 Å². The molecule has 0 aliphatic carbocycles. The number of carbonyl (C=O) groups is 1. The number of rotatable bonds is 3. The van der Waals surface area contributed by atoms with Crippen LogP contribution in [0, 0.1) is 6.07 Å². The lowest BCUT2D eigenvalue weighted by Crippen LogP contribution is -2.03. The van der Waals surface area contributed by atoms with Gasteiger partial charge in [0.05, 0.1) is 30.3 Å². The smallest absolute Gasteiger partial charge is 0.337 e. The van der Waals surface area contributed by atoms with Crippen molar-refractivity contribution in [1.82, 2.24) is 15.0 Å². The van der Waals surface area contributed by atoms with Gasteiger partial charge >= 0.3 is 5.97 Å². The Bertz CT molecular complexity index is 749. The lowest BCUT2D eigenvalue weighted by molar-refractivity contribution is 0.0601. The molecule has 5 heteroatoms. The zero-order chi connectivity index (χ0) is 14.7. The van der Waals surface area contributed by atoms with Gasteiger partial charge in [0.2, 0.25) is 0 Å². The molecule has 21 heavy (non-hydrogen) atoms. The van der Waals surface area contributed by atoms with Crippen molar-refractivity contribution >= 4 is 5.97 Å². The number of benzene rings is 2. The SMILES string of the molecule is COC(=O)c1ccc(-n2nncc2-c2cc[c]cc2)cc1. The fourth-order valence-corrected chi connectivity index (χ4v) is 2.04. The second kappa shape index (κ2) is 5.58. The molecule has 3 rings (SSSR count). The highest BCUT2D eigenvalue weighted by molar-refractivity contribution is 5.89. The van der Waals surface area contributed by atoms with Gasteiger partial charge < -0.3 is 4.74 Å². The summed E-state index contributed by atoms with van der Waals surface area (Å²) in [6, 6.07) is 17.6. The van der Waals surface area contributed by atoms with Crippen molar-refractivity contribution in [2.24, 2.45) is 0 Å². The molecule has 0 unspecified atom stereocenters. The zero-order valence-electron chi connectivity index (χ0n) is 11.4. The van der Waals surface area contributed by atoms with Crippen LogP contribution < -0.4 is 0 Å². The van der Waals surface area contributed by atoms with E-state index in [0.717, 1.165) is 16.9 Å². The Kier molecular flexibility index (Phi) is 3.47. The third-order valence-corrected chi connectivity index (χ3v) is 3.10. The number of hydrogen-bond donors (Lipinski definition) is 0. The molecule has 0 fully saturated rings. The largest absolute Gasteiger partial charge is 0.465 e. The molecule has 0 atom stereocenters. The summed E-state index contributed by atoms with van der Waals surface area (Å²) in [6.45, 7) is 0. The minimum atomic E-state index is -0.362. The van der Waals surface area contributed by atoms with Crippen LogP contribution in [0.2, 0.25) is 0 Å². The summed E-state index contributed by atoms with van der Waals surface area (Å²) in [5.74, 6) is -0.362. The van der Waals surface area contributed by atoms with E-state index in [4.69, 9.17) is 0 Å². The average molecular weight is 278 g/mol. The van der Waals surface area contributed by atoms with E-state index in [1.54, 1.807) is 35.1 Å². The number of carbonyl (C=O) groups excluding carboxylic acids is 1. The Morgan fingerprint density at radius 3 is 2.52 bits per heavy atom. The Morgan fingerprint density at radius 2 is 1.86 bits per heavy atom. The molecule has 0 bridgehead atoms. The maximum absolute atomic E-state index is 11.4. The number of aromatic nitrogens is 3. The highest BCUT2D eigenvalue weighted by Crippen LogP contribution is 2.21. The monoisotopic (exact) mass is 278 g/mol. The number of ether oxygens (including phenoxy) is 1. The summed E-state index contributed by atoms with van der Waals surface area (Å²) < 4.78 is 6.40. The van der Waals surface area contributed by atoms with Gasteiger partial charge in [0, 0.05) is 5.56 Å². The first-order chi connectivity index (χ1) is 10.3. The van der Waals surface area contributed by atoms with E-state index in [2.05, 4.69) is 21.1 Å². The van der Waals surface area contributed by atoms with E-state index in [1.807, 2.05) is 24.3 Å². The molecular formula is C16H12N3O2. The van der Waals surface area contributed by atoms with Crippen LogP contribution in [0.5, 0.6) is 0 Å². The van der Waals surface area contributed by atoms with Crippen LogP contribution in [0.3, 0.4) is 0 Å². The van der Waals surface area contributed by atoms with Crippen molar-refractivity contribution in [3.63, 3.8) is 0 Å². The third kappa shape index (κ3) is 2.53. The molecule has 0 amide bonds. The van der Waals surface area contributed by atoms with Crippen molar-refractivity contribution in [2.45, 2.75) is 0 Å². The molecule has 1 radical (unpaired) electrons. The van der Waals surface area contributed by atoms with Gasteiger partial charge in [-0.2, -0.15) is 0 Å². The van der Waals surface area contributed by atoms with E-state index in [9.17, 15) is 4.79 Å². The van der Waals surface area contributed by atoms with E-state index >= 15 is 0 Å². The average Bonchev–Trinajstić information content (AvgIpc) is 3.04. The van der Waals surface area contributed by atoms with Crippen molar-refractivity contribution in [3.8, 4) is 16.9 Å². The van der Waals surface area contributed by atoms with Crippen LogP contribution in [0.1, 0.15) is 10.4 Å². The van der Waals surface area contributed by atoms with Crippen LogP contribution in [0.25, 0.3) is 16.9 Å². The minimum Gasteiger partial charge on any atom is -0.465 e. The second-order valence-corrected chi connectivity index (χ2v) is 4.36. The quantitative estimate of drug-likeness (QED) is 0.691. The molecule has 0 spiro atoms. The van der Waals surface area contributed by atoms with Crippen LogP contribution in [-0.2, 0) is 4.74 Å². The summed E-state index contributed by atoms with van der Waals surface area (Å²) >= 11 is 0. The molecular weight excluding hydrogens is 266 g/mol. The summed E-state index contributed by atoms with van der Waals surface area (Å²) in [5.41, 5.74) is 3.19. The number of methoxy groups -OCH3 is 1. The lowest BCUT2D eigenvalue weighted by Gasteiger charge is -2.07. The van der Waals surface area contributed by atoms with Crippen LogP contribution >= 0.6 is 0 Å².